The van der Waals surface area contributed by atoms with Crippen LogP contribution < -0.4 is 5.73 Å². The Bertz CT molecular complexity index is 815. The predicted octanol–water partition coefficient (Wildman–Crippen LogP) is 3.54. The van der Waals surface area contributed by atoms with Gasteiger partial charge in [-0.2, -0.15) is 0 Å². The first-order chi connectivity index (χ1) is 13.6. The molecule has 2 aliphatic rings. The molecule has 29 heavy (non-hydrogen) atoms. The Hall–Kier alpha value is -1.70. The molecule has 1 aromatic carbocycles. The van der Waals surface area contributed by atoms with Gasteiger partial charge in [0.2, 0.25) is 5.91 Å². The van der Waals surface area contributed by atoms with E-state index in [9.17, 15) is 4.79 Å². The van der Waals surface area contributed by atoms with Gasteiger partial charge in [0.05, 0.1) is 12.1 Å². The first-order valence-electron chi connectivity index (χ1n) is 10.2. The molecule has 1 amide bonds. The van der Waals surface area contributed by atoms with Crippen LogP contribution in [-0.2, 0) is 4.79 Å². The summed E-state index contributed by atoms with van der Waals surface area (Å²) in [4.78, 5) is 13.9. The summed E-state index contributed by atoms with van der Waals surface area (Å²) < 4.78 is 2.02. The van der Waals surface area contributed by atoms with E-state index in [1.165, 1.54) is 19.3 Å². The standard InChI is InChI=1S/C20H27ClN6O.ClH/c21-17-9-5-4-8-16(17)18(26-12-10-14(11-13-26)19(22)28)20-23-24-25-27(20)15-6-2-1-3-7-15;/h4-5,8-9,14-15,18H,1-3,6-7,10-13H2,(H2,22,28);1H. The maximum atomic E-state index is 11.6. The number of nitrogens with two attached hydrogens (primary N) is 1. The van der Waals surface area contributed by atoms with Crippen molar-refractivity contribution in [2.24, 2.45) is 11.7 Å². The van der Waals surface area contributed by atoms with Crippen molar-refractivity contribution in [2.75, 3.05) is 13.1 Å². The molecule has 1 saturated heterocycles. The molecule has 2 aromatic rings. The minimum Gasteiger partial charge on any atom is -0.369 e. The minimum atomic E-state index is -0.207. The molecular weight excluding hydrogens is 411 g/mol. The zero-order valence-electron chi connectivity index (χ0n) is 16.4. The van der Waals surface area contributed by atoms with Crippen molar-refractivity contribution in [3.05, 3.63) is 40.7 Å². The number of hydrogen-bond donors (Lipinski definition) is 1. The summed E-state index contributed by atoms with van der Waals surface area (Å²) >= 11 is 6.59. The van der Waals surface area contributed by atoms with Gasteiger partial charge >= 0.3 is 0 Å². The Morgan fingerprint density at radius 2 is 1.79 bits per heavy atom. The SMILES string of the molecule is Cl.NC(=O)C1CCN(C(c2ccccc2Cl)c2nnnn2C2CCCCC2)CC1. The number of halogens is 2. The van der Waals surface area contributed by atoms with Gasteiger partial charge in [0, 0.05) is 10.9 Å². The van der Waals surface area contributed by atoms with Gasteiger partial charge in [-0.25, -0.2) is 4.68 Å². The van der Waals surface area contributed by atoms with Crippen molar-refractivity contribution in [3.63, 3.8) is 0 Å². The van der Waals surface area contributed by atoms with E-state index < -0.39 is 0 Å². The summed E-state index contributed by atoms with van der Waals surface area (Å²) in [6.07, 6.45) is 7.43. The van der Waals surface area contributed by atoms with Gasteiger partial charge in [-0.15, -0.1) is 17.5 Å². The summed E-state index contributed by atoms with van der Waals surface area (Å²) in [5, 5.41) is 13.6. The smallest absolute Gasteiger partial charge is 0.220 e. The Morgan fingerprint density at radius 3 is 2.45 bits per heavy atom. The highest BCUT2D eigenvalue weighted by Crippen LogP contribution is 2.37. The number of hydrogen-bond acceptors (Lipinski definition) is 5. The van der Waals surface area contributed by atoms with Gasteiger partial charge in [0.25, 0.3) is 0 Å². The third-order valence-electron chi connectivity index (χ3n) is 6.18. The zero-order valence-corrected chi connectivity index (χ0v) is 18.0. The Labute approximate surface area is 182 Å². The van der Waals surface area contributed by atoms with Crippen LogP contribution in [0.3, 0.4) is 0 Å². The van der Waals surface area contributed by atoms with Gasteiger partial charge < -0.3 is 5.73 Å². The highest BCUT2D eigenvalue weighted by molar-refractivity contribution is 6.31. The highest BCUT2D eigenvalue weighted by Gasteiger charge is 2.34. The number of tetrazole rings is 1. The first-order valence-corrected chi connectivity index (χ1v) is 10.6. The lowest BCUT2D eigenvalue weighted by Crippen LogP contribution is -2.42. The summed E-state index contributed by atoms with van der Waals surface area (Å²) in [6.45, 7) is 1.53. The Kier molecular flexibility index (Phi) is 7.49. The average Bonchev–Trinajstić information content (AvgIpc) is 3.20. The number of carbonyl (C=O) groups excluding carboxylic acids is 1. The molecule has 1 saturated carbocycles. The molecule has 2 heterocycles. The van der Waals surface area contributed by atoms with E-state index in [1.807, 2.05) is 28.9 Å². The van der Waals surface area contributed by atoms with Gasteiger partial charge in [-0.3, -0.25) is 9.69 Å². The van der Waals surface area contributed by atoms with Crippen LogP contribution in [0.4, 0.5) is 0 Å². The number of likely N-dealkylation sites (tertiary alicyclic amines) is 1. The normalized spacial score (nSPS) is 20.2. The largest absolute Gasteiger partial charge is 0.369 e. The van der Waals surface area contributed by atoms with Gasteiger partial charge in [-0.05, 0) is 60.8 Å². The number of piperidine rings is 1. The Balaban J connectivity index is 0.00000240. The molecule has 1 atom stereocenters. The van der Waals surface area contributed by atoms with Gasteiger partial charge in [0.15, 0.2) is 5.82 Å². The second-order valence-corrected chi connectivity index (χ2v) is 8.32. The van der Waals surface area contributed by atoms with Crippen molar-refractivity contribution in [1.82, 2.24) is 25.1 Å². The molecule has 7 nitrogen and oxygen atoms in total. The number of aromatic nitrogens is 4. The molecule has 0 spiro atoms. The van der Waals surface area contributed by atoms with Crippen LogP contribution in [-0.4, -0.2) is 44.1 Å². The van der Waals surface area contributed by atoms with Crippen LogP contribution in [0.25, 0.3) is 0 Å². The second-order valence-electron chi connectivity index (χ2n) is 7.91. The summed E-state index contributed by atoms with van der Waals surface area (Å²) in [5.41, 5.74) is 6.53. The molecule has 2 fully saturated rings. The number of amides is 1. The van der Waals surface area contributed by atoms with Crippen molar-refractivity contribution in [1.29, 1.82) is 0 Å². The lowest BCUT2D eigenvalue weighted by molar-refractivity contribution is -0.123. The Morgan fingerprint density at radius 1 is 1.10 bits per heavy atom. The van der Waals surface area contributed by atoms with Gasteiger partial charge in [-0.1, -0.05) is 49.1 Å². The molecule has 9 heteroatoms. The maximum absolute atomic E-state index is 11.6. The predicted molar refractivity (Wildman–Crippen MR) is 114 cm³/mol. The second kappa shape index (κ2) is 9.87. The first kappa shape index (κ1) is 22.0. The monoisotopic (exact) mass is 438 g/mol. The molecule has 4 rings (SSSR count). The molecule has 2 N–H and O–H groups in total. The number of primary amides is 1. The van der Waals surface area contributed by atoms with Crippen molar-refractivity contribution < 1.29 is 4.79 Å². The van der Waals surface area contributed by atoms with Crippen molar-refractivity contribution in [3.8, 4) is 0 Å². The van der Waals surface area contributed by atoms with Crippen LogP contribution in [0, 0.1) is 5.92 Å². The van der Waals surface area contributed by atoms with E-state index in [2.05, 4.69) is 20.4 Å². The fourth-order valence-electron chi connectivity index (χ4n) is 4.60. The molecule has 0 bridgehead atoms. The van der Waals surface area contributed by atoms with E-state index in [0.29, 0.717) is 11.1 Å². The van der Waals surface area contributed by atoms with Crippen LogP contribution in [0.2, 0.25) is 5.02 Å². The molecule has 0 radical (unpaired) electrons. The molecule has 1 unspecified atom stereocenters. The lowest BCUT2D eigenvalue weighted by atomic mass is 9.92. The van der Waals surface area contributed by atoms with E-state index in [-0.39, 0.29) is 30.3 Å². The van der Waals surface area contributed by atoms with Crippen molar-refractivity contribution >= 4 is 29.9 Å². The van der Waals surface area contributed by atoms with E-state index in [0.717, 1.165) is 50.2 Å². The summed E-state index contributed by atoms with van der Waals surface area (Å²) in [7, 11) is 0. The van der Waals surface area contributed by atoms with Crippen LogP contribution in [0.15, 0.2) is 24.3 Å². The zero-order chi connectivity index (χ0) is 19.5. The quantitative estimate of drug-likeness (QED) is 0.770. The third kappa shape index (κ3) is 4.73. The fourth-order valence-corrected chi connectivity index (χ4v) is 4.84. The topological polar surface area (TPSA) is 89.9 Å². The summed E-state index contributed by atoms with van der Waals surface area (Å²) in [5.74, 6) is 0.580. The maximum Gasteiger partial charge on any atom is 0.220 e. The minimum absolute atomic E-state index is 0. The molecular formula is C20H28Cl2N6O. The van der Waals surface area contributed by atoms with Gasteiger partial charge in [0.1, 0.15) is 0 Å². The van der Waals surface area contributed by atoms with E-state index >= 15 is 0 Å². The third-order valence-corrected chi connectivity index (χ3v) is 6.52. The number of nitrogens with zero attached hydrogens (tertiary/aromatic N) is 5. The number of carbonyl (C=O) groups is 1. The fraction of sp³-hybridized carbons (Fsp3) is 0.600. The molecule has 158 valence electrons. The number of rotatable bonds is 5. The molecule has 1 aliphatic carbocycles. The van der Waals surface area contributed by atoms with Crippen LogP contribution >= 0.6 is 24.0 Å². The highest BCUT2D eigenvalue weighted by atomic mass is 35.5. The summed E-state index contributed by atoms with van der Waals surface area (Å²) in [6, 6.07) is 8.11. The number of benzene rings is 1. The van der Waals surface area contributed by atoms with E-state index in [4.69, 9.17) is 17.3 Å². The molecule has 1 aliphatic heterocycles. The average molecular weight is 439 g/mol. The van der Waals surface area contributed by atoms with E-state index in [1.54, 1.807) is 0 Å². The van der Waals surface area contributed by atoms with Crippen LogP contribution in [0.1, 0.15) is 68.4 Å². The molecule has 1 aromatic heterocycles. The van der Waals surface area contributed by atoms with Crippen LogP contribution in [0.5, 0.6) is 0 Å². The lowest BCUT2D eigenvalue weighted by Gasteiger charge is -2.37. The van der Waals surface area contributed by atoms with Crippen molar-refractivity contribution in [2.45, 2.75) is 57.0 Å².